The summed E-state index contributed by atoms with van der Waals surface area (Å²) in [6, 6.07) is 4.56. The van der Waals surface area contributed by atoms with E-state index in [4.69, 9.17) is 5.11 Å². The van der Waals surface area contributed by atoms with Crippen LogP contribution in [-0.2, 0) is 0 Å². The molecule has 1 heterocycles. The standard InChI is InChI=1S/C11H9F2N3O2/c12-9(13)5-15-11-14-4-7-6(10(17)18)2-1-3-8(7)16-11/h1-4,9H,5H2,(H,17,18)(H,14,15,16). The summed E-state index contributed by atoms with van der Waals surface area (Å²) in [6.07, 6.45) is -1.20. The Kier molecular flexibility index (Phi) is 3.31. The molecule has 2 N–H and O–H groups in total. The molecule has 0 bridgehead atoms. The van der Waals surface area contributed by atoms with Gasteiger partial charge in [-0.25, -0.2) is 23.5 Å². The molecule has 0 saturated carbocycles. The number of carbonyl (C=O) groups is 1. The second kappa shape index (κ2) is 4.91. The molecule has 0 fully saturated rings. The predicted octanol–water partition coefficient (Wildman–Crippen LogP) is 2.00. The number of aromatic nitrogens is 2. The van der Waals surface area contributed by atoms with E-state index in [1.807, 2.05) is 0 Å². The number of carboxylic acids is 1. The van der Waals surface area contributed by atoms with Gasteiger partial charge in [0.25, 0.3) is 6.43 Å². The van der Waals surface area contributed by atoms with Gasteiger partial charge in [0.15, 0.2) is 0 Å². The van der Waals surface area contributed by atoms with Crippen molar-refractivity contribution in [2.75, 3.05) is 11.9 Å². The summed E-state index contributed by atoms with van der Waals surface area (Å²) in [5, 5.41) is 11.7. The van der Waals surface area contributed by atoms with E-state index in [1.165, 1.54) is 18.3 Å². The molecule has 0 saturated heterocycles. The third kappa shape index (κ3) is 2.50. The number of nitrogens with one attached hydrogen (secondary N) is 1. The molecule has 94 valence electrons. The van der Waals surface area contributed by atoms with Crippen molar-refractivity contribution in [2.24, 2.45) is 0 Å². The van der Waals surface area contributed by atoms with E-state index in [9.17, 15) is 13.6 Å². The molecule has 0 unspecified atom stereocenters. The molecule has 2 aromatic rings. The zero-order valence-corrected chi connectivity index (χ0v) is 9.10. The maximum absolute atomic E-state index is 12.0. The monoisotopic (exact) mass is 253 g/mol. The summed E-state index contributed by atoms with van der Waals surface area (Å²) < 4.78 is 24.0. The van der Waals surface area contributed by atoms with Gasteiger partial charge in [-0.15, -0.1) is 0 Å². The lowest BCUT2D eigenvalue weighted by molar-refractivity contribution is 0.0699. The van der Waals surface area contributed by atoms with Gasteiger partial charge in [-0.3, -0.25) is 0 Å². The fourth-order valence-electron chi connectivity index (χ4n) is 1.49. The summed E-state index contributed by atoms with van der Waals surface area (Å²) in [7, 11) is 0. The normalized spacial score (nSPS) is 10.8. The first kappa shape index (κ1) is 12.2. The van der Waals surface area contributed by atoms with E-state index in [0.717, 1.165) is 0 Å². The highest BCUT2D eigenvalue weighted by Gasteiger charge is 2.10. The number of nitrogens with zero attached hydrogens (tertiary/aromatic N) is 2. The maximum atomic E-state index is 12.0. The van der Waals surface area contributed by atoms with Gasteiger partial charge in [-0.1, -0.05) is 6.07 Å². The minimum atomic E-state index is -2.50. The molecular weight excluding hydrogens is 244 g/mol. The first-order chi connectivity index (χ1) is 8.58. The highest BCUT2D eigenvalue weighted by atomic mass is 19.3. The molecule has 1 aromatic carbocycles. The van der Waals surface area contributed by atoms with Crippen molar-refractivity contribution in [1.29, 1.82) is 0 Å². The zero-order valence-electron chi connectivity index (χ0n) is 9.10. The molecule has 5 nitrogen and oxygen atoms in total. The number of rotatable bonds is 4. The Morgan fingerprint density at radius 3 is 2.89 bits per heavy atom. The first-order valence-electron chi connectivity index (χ1n) is 5.09. The van der Waals surface area contributed by atoms with E-state index in [0.29, 0.717) is 10.9 Å². The van der Waals surface area contributed by atoms with Crippen molar-refractivity contribution < 1.29 is 18.7 Å². The van der Waals surface area contributed by atoms with Crippen molar-refractivity contribution in [3.8, 4) is 0 Å². The second-order valence-electron chi connectivity index (χ2n) is 3.51. The van der Waals surface area contributed by atoms with Crippen LogP contribution in [0, 0.1) is 0 Å². The van der Waals surface area contributed by atoms with Crippen LogP contribution in [0.3, 0.4) is 0 Å². The Morgan fingerprint density at radius 1 is 1.44 bits per heavy atom. The molecule has 7 heteroatoms. The number of alkyl halides is 2. The van der Waals surface area contributed by atoms with Crippen LogP contribution >= 0.6 is 0 Å². The molecule has 0 aliphatic rings. The van der Waals surface area contributed by atoms with E-state index < -0.39 is 18.9 Å². The predicted molar refractivity (Wildman–Crippen MR) is 61.0 cm³/mol. The number of hydrogen-bond acceptors (Lipinski definition) is 4. The van der Waals surface area contributed by atoms with Gasteiger partial charge in [0, 0.05) is 11.6 Å². The van der Waals surface area contributed by atoms with Gasteiger partial charge in [0.05, 0.1) is 17.6 Å². The number of carboxylic acid groups (broad SMARTS) is 1. The SMILES string of the molecule is O=C(O)c1cccc2nc(NCC(F)F)ncc12. The zero-order chi connectivity index (χ0) is 13.1. The lowest BCUT2D eigenvalue weighted by Gasteiger charge is -2.06. The average molecular weight is 253 g/mol. The van der Waals surface area contributed by atoms with Gasteiger partial charge < -0.3 is 10.4 Å². The number of benzene rings is 1. The molecule has 2 rings (SSSR count). The number of hydrogen-bond donors (Lipinski definition) is 2. The van der Waals surface area contributed by atoms with Crippen LogP contribution in [-0.4, -0.2) is 34.0 Å². The van der Waals surface area contributed by atoms with Crippen LogP contribution in [0.4, 0.5) is 14.7 Å². The van der Waals surface area contributed by atoms with Crippen molar-refractivity contribution in [1.82, 2.24) is 9.97 Å². The van der Waals surface area contributed by atoms with Gasteiger partial charge in [-0.2, -0.15) is 0 Å². The van der Waals surface area contributed by atoms with Crippen LogP contribution in [0.2, 0.25) is 0 Å². The largest absolute Gasteiger partial charge is 0.478 e. The van der Waals surface area contributed by atoms with E-state index in [2.05, 4.69) is 15.3 Å². The van der Waals surface area contributed by atoms with Crippen LogP contribution in [0.5, 0.6) is 0 Å². The quantitative estimate of drug-likeness (QED) is 0.871. The summed E-state index contributed by atoms with van der Waals surface area (Å²) in [4.78, 5) is 18.7. The van der Waals surface area contributed by atoms with Gasteiger partial charge in [-0.05, 0) is 12.1 Å². The molecular formula is C11H9F2N3O2. The minimum Gasteiger partial charge on any atom is -0.478 e. The van der Waals surface area contributed by atoms with Crippen molar-refractivity contribution in [3.63, 3.8) is 0 Å². The Bertz CT molecular complexity index is 590. The van der Waals surface area contributed by atoms with Crippen LogP contribution in [0.25, 0.3) is 10.9 Å². The van der Waals surface area contributed by atoms with E-state index >= 15 is 0 Å². The Hall–Kier alpha value is -2.31. The fourth-order valence-corrected chi connectivity index (χ4v) is 1.49. The molecule has 0 spiro atoms. The second-order valence-corrected chi connectivity index (χ2v) is 3.51. The summed E-state index contributed by atoms with van der Waals surface area (Å²) in [5.74, 6) is -1.04. The van der Waals surface area contributed by atoms with Gasteiger partial charge in [0.2, 0.25) is 5.95 Å². The third-order valence-corrected chi connectivity index (χ3v) is 2.27. The first-order valence-corrected chi connectivity index (χ1v) is 5.09. The molecule has 0 aliphatic heterocycles. The van der Waals surface area contributed by atoms with Crippen molar-refractivity contribution in [2.45, 2.75) is 6.43 Å². The summed E-state index contributed by atoms with van der Waals surface area (Å²) >= 11 is 0. The Balaban J connectivity index is 2.38. The lowest BCUT2D eigenvalue weighted by Crippen LogP contribution is -2.12. The maximum Gasteiger partial charge on any atom is 0.336 e. The summed E-state index contributed by atoms with van der Waals surface area (Å²) in [6.45, 7) is -0.551. The average Bonchev–Trinajstić information content (AvgIpc) is 2.35. The lowest BCUT2D eigenvalue weighted by atomic mass is 10.1. The highest BCUT2D eigenvalue weighted by molar-refractivity contribution is 6.02. The molecule has 0 radical (unpaired) electrons. The highest BCUT2D eigenvalue weighted by Crippen LogP contribution is 2.17. The number of fused-ring (bicyclic) bond motifs is 1. The molecule has 1 aromatic heterocycles. The smallest absolute Gasteiger partial charge is 0.336 e. The third-order valence-electron chi connectivity index (χ3n) is 2.27. The molecule has 0 aliphatic carbocycles. The van der Waals surface area contributed by atoms with Crippen LogP contribution in [0.1, 0.15) is 10.4 Å². The minimum absolute atomic E-state index is 0.0466. The topological polar surface area (TPSA) is 75.1 Å². The fraction of sp³-hybridized carbons (Fsp3) is 0.182. The number of halogens is 2. The van der Waals surface area contributed by atoms with Gasteiger partial charge in [0.1, 0.15) is 0 Å². The molecule has 0 atom stereocenters. The number of anilines is 1. The van der Waals surface area contributed by atoms with E-state index in [1.54, 1.807) is 6.07 Å². The Labute approximate surface area is 100 Å². The van der Waals surface area contributed by atoms with E-state index in [-0.39, 0.29) is 11.5 Å². The van der Waals surface area contributed by atoms with Crippen LogP contribution in [0.15, 0.2) is 24.4 Å². The summed E-state index contributed by atoms with van der Waals surface area (Å²) in [5.41, 5.74) is 0.467. The van der Waals surface area contributed by atoms with Crippen molar-refractivity contribution in [3.05, 3.63) is 30.0 Å². The van der Waals surface area contributed by atoms with Crippen LogP contribution < -0.4 is 5.32 Å². The van der Waals surface area contributed by atoms with Gasteiger partial charge >= 0.3 is 5.97 Å². The molecule has 18 heavy (non-hydrogen) atoms. The Morgan fingerprint density at radius 2 is 2.22 bits per heavy atom. The molecule has 0 amide bonds. The van der Waals surface area contributed by atoms with Crippen molar-refractivity contribution >= 4 is 22.8 Å². The number of aromatic carboxylic acids is 1.